The van der Waals surface area contributed by atoms with Crippen molar-refractivity contribution in [2.24, 2.45) is 11.3 Å². The van der Waals surface area contributed by atoms with E-state index in [1.807, 2.05) is 30.3 Å². The molecule has 4 fully saturated rings. The van der Waals surface area contributed by atoms with Crippen LogP contribution in [0.2, 0.25) is 5.02 Å². The Kier molecular flexibility index (Phi) is 13.5. The molecule has 3 aliphatic carbocycles. The number of nitro groups is 1. The van der Waals surface area contributed by atoms with Gasteiger partial charge in [-0.3, -0.25) is 19.8 Å². The molecule has 5 aromatic rings. The van der Waals surface area contributed by atoms with Crippen molar-refractivity contribution >= 4 is 61.2 Å². The molecule has 3 aromatic carbocycles. The minimum absolute atomic E-state index is 0.0118. The number of morpholine rings is 1. The first-order chi connectivity index (χ1) is 33.0. The predicted octanol–water partition coefficient (Wildman–Crippen LogP) is 9.31. The van der Waals surface area contributed by atoms with Crippen molar-refractivity contribution in [2.45, 2.75) is 87.7 Å². The number of nitrogens with one attached hydrogen (secondary N) is 4. The van der Waals surface area contributed by atoms with Crippen molar-refractivity contribution in [1.29, 1.82) is 0 Å². The molecule has 4 heterocycles. The van der Waals surface area contributed by atoms with Gasteiger partial charge < -0.3 is 30.0 Å². The second-order valence-corrected chi connectivity index (χ2v) is 21.4. The molecule has 1 amide bonds. The molecule has 2 saturated carbocycles. The van der Waals surface area contributed by atoms with Crippen molar-refractivity contribution in [3.05, 3.63) is 117 Å². The first-order valence-electron chi connectivity index (χ1n) is 24.1. The van der Waals surface area contributed by atoms with Gasteiger partial charge in [-0.15, -0.1) is 0 Å². The number of nitrogens with zero attached hydrogens (tertiary/aromatic N) is 4. The Morgan fingerprint density at radius 1 is 0.985 bits per heavy atom. The van der Waals surface area contributed by atoms with E-state index < -0.39 is 25.7 Å². The van der Waals surface area contributed by atoms with Crippen LogP contribution in [0.4, 0.5) is 17.1 Å². The van der Waals surface area contributed by atoms with Crippen molar-refractivity contribution in [3.63, 3.8) is 0 Å². The van der Waals surface area contributed by atoms with Crippen LogP contribution in [0.15, 0.2) is 95.7 Å². The third-order valence-corrected chi connectivity index (χ3v) is 16.6. The van der Waals surface area contributed by atoms with E-state index in [0.29, 0.717) is 48.1 Å². The molecule has 1 spiro atoms. The molecule has 2 aliphatic heterocycles. The molecular formula is C51H59ClN8O7S. The molecule has 2 saturated heterocycles. The quantitative estimate of drug-likeness (QED) is 0.0649. The molecule has 15 nitrogen and oxygen atoms in total. The van der Waals surface area contributed by atoms with Crippen molar-refractivity contribution in [1.82, 2.24) is 24.9 Å². The lowest BCUT2D eigenvalue weighted by Gasteiger charge is -2.41. The molecule has 68 heavy (non-hydrogen) atoms. The summed E-state index contributed by atoms with van der Waals surface area (Å²) in [5, 5.41) is 20.6. The number of aromatic nitrogens is 2. The monoisotopic (exact) mass is 962 g/mol. The Morgan fingerprint density at radius 3 is 2.53 bits per heavy atom. The predicted molar refractivity (Wildman–Crippen MR) is 264 cm³/mol. The highest BCUT2D eigenvalue weighted by Gasteiger charge is 2.39. The molecule has 4 N–H and O–H groups in total. The minimum Gasteiger partial charge on any atom is -0.453 e. The fourth-order valence-corrected chi connectivity index (χ4v) is 12.5. The summed E-state index contributed by atoms with van der Waals surface area (Å²) in [6.45, 7) is 6.07. The first-order valence-corrected chi connectivity index (χ1v) is 26.0. The number of aromatic amines is 1. The number of sulfonamides is 1. The van der Waals surface area contributed by atoms with Crippen molar-refractivity contribution < 1.29 is 27.6 Å². The fraction of sp³-hybridized carbons (Fsp3) is 0.451. The lowest BCUT2D eigenvalue weighted by Crippen LogP contribution is -2.47. The second-order valence-electron chi connectivity index (χ2n) is 19.3. The molecule has 5 aliphatic rings. The number of nitro benzene ring substituents is 1. The van der Waals surface area contributed by atoms with Crippen molar-refractivity contribution in [3.8, 4) is 11.5 Å². The van der Waals surface area contributed by atoms with E-state index in [1.165, 1.54) is 67.0 Å². The number of anilines is 2. The van der Waals surface area contributed by atoms with Gasteiger partial charge in [-0.1, -0.05) is 48.2 Å². The summed E-state index contributed by atoms with van der Waals surface area (Å²) < 4.78 is 42.7. The van der Waals surface area contributed by atoms with Gasteiger partial charge in [-0.25, -0.2) is 18.1 Å². The lowest BCUT2D eigenvalue weighted by molar-refractivity contribution is -0.384. The molecule has 17 heteroatoms. The highest BCUT2D eigenvalue weighted by atomic mass is 35.5. The number of halogens is 1. The summed E-state index contributed by atoms with van der Waals surface area (Å²) in [5.74, 6) is 0.0264. The third kappa shape index (κ3) is 10.1. The topological polar surface area (TPSA) is 184 Å². The van der Waals surface area contributed by atoms with E-state index in [9.17, 15) is 23.3 Å². The van der Waals surface area contributed by atoms with E-state index in [-0.39, 0.29) is 34.8 Å². The number of carbonyl (C=O) groups is 1. The number of H-pyrrole nitrogens is 1. The Balaban J connectivity index is 0.870. The minimum atomic E-state index is -4.59. The van der Waals surface area contributed by atoms with Crippen LogP contribution < -0.4 is 25.0 Å². The summed E-state index contributed by atoms with van der Waals surface area (Å²) >= 11 is 6.31. The van der Waals surface area contributed by atoms with Gasteiger partial charge in [0.2, 0.25) is 0 Å². The van der Waals surface area contributed by atoms with E-state index in [1.54, 1.807) is 18.5 Å². The van der Waals surface area contributed by atoms with Gasteiger partial charge in [0.15, 0.2) is 5.75 Å². The molecular weight excluding hydrogens is 904 g/mol. The van der Waals surface area contributed by atoms with E-state index in [2.05, 4.69) is 47.3 Å². The van der Waals surface area contributed by atoms with Gasteiger partial charge in [0.25, 0.3) is 21.6 Å². The summed E-state index contributed by atoms with van der Waals surface area (Å²) in [4.78, 5) is 37.9. The molecule has 1 atom stereocenters. The van der Waals surface area contributed by atoms with Crippen LogP contribution in [0.5, 0.6) is 11.5 Å². The maximum Gasteiger partial charge on any atom is 0.293 e. The van der Waals surface area contributed by atoms with Gasteiger partial charge >= 0.3 is 0 Å². The van der Waals surface area contributed by atoms with E-state index >= 15 is 0 Å². The molecule has 358 valence electrons. The van der Waals surface area contributed by atoms with E-state index in [4.69, 9.17) is 21.1 Å². The summed E-state index contributed by atoms with van der Waals surface area (Å²) in [6, 6.07) is 20.7. The summed E-state index contributed by atoms with van der Waals surface area (Å²) in [6.07, 6.45) is 15.5. The number of para-hydroxylation sites is 1. The number of hydrogen-bond donors (Lipinski definition) is 4. The highest BCUT2D eigenvalue weighted by molar-refractivity contribution is 7.90. The van der Waals surface area contributed by atoms with Crippen LogP contribution >= 0.6 is 11.6 Å². The zero-order valence-corrected chi connectivity index (χ0v) is 39.8. The number of benzene rings is 3. The average Bonchev–Trinajstić information content (AvgIpc) is 4.02. The van der Waals surface area contributed by atoms with Gasteiger partial charge in [0, 0.05) is 74.5 Å². The van der Waals surface area contributed by atoms with Gasteiger partial charge in [-0.05, 0) is 129 Å². The Bertz CT molecular complexity index is 2790. The number of ether oxygens (including phenoxy) is 2. The van der Waals surface area contributed by atoms with E-state index in [0.717, 1.165) is 87.7 Å². The van der Waals surface area contributed by atoms with Gasteiger partial charge in [0.1, 0.15) is 17.1 Å². The number of hydrogen-bond acceptors (Lipinski definition) is 12. The van der Waals surface area contributed by atoms with Gasteiger partial charge in [0.05, 0.1) is 40.0 Å². The smallest absolute Gasteiger partial charge is 0.293 e. The fourth-order valence-electron chi connectivity index (χ4n) is 11.4. The molecule has 1 unspecified atom stereocenters. The first kappa shape index (κ1) is 46.2. The van der Waals surface area contributed by atoms with Crippen LogP contribution in [-0.4, -0.2) is 98.7 Å². The normalized spacial score (nSPS) is 22.4. The second kappa shape index (κ2) is 19.8. The highest BCUT2D eigenvalue weighted by Crippen LogP contribution is 2.52. The zero-order valence-electron chi connectivity index (χ0n) is 38.2. The standard InChI is InChI=1S/C51H59ClN8O7S/c52-38-10-6-34(7-11-38)42-16-20-51(18-1-2-19-51)30-37(42)33-58-23-25-59(26-24-58)45-5-3-4-43(48(45)67-40-28-36-17-21-54-49(36)55-31-40)50(61)57-68(64,65)41-14-15-44(46(29-41)60(62)63)56-39-12-8-35(9-13-39)47-32-53-22-27-66-47/h3-7,10-11,14-15,17,21,28-29,31,35,39,47,53,56H,1-2,8-9,12-13,16,18-20,22-27,30,32-33H2,(H,54,55)(H,57,61)/t35-,39-,47?. The van der Waals surface area contributed by atoms with Crippen LogP contribution in [-0.2, 0) is 14.8 Å². The lowest BCUT2D eigenvalue weighted by atomic mass is 9.69. The molecule has 0 bridgehead atoms. The Hall–Kier alpha value is -5.52. The molecule has 0 radical (unpaired) electrons. The number of allylic oxidation sites excluding steroid dienone is 1. The van der Waals surface area contributed by atoms with Crippen LogP contribution in [0, 0.1) is 21.4 Å². The average molecular weight is 964 g/mol. The number of carbonyl (C=O) groups excluding carboxylic acids is 1. The van der Waals surface area contributed by atoms with Crippen LogP contribution in [0.1, 0.15) is 86.6 Å². The number of fused-ring (bicyclic) bond motifs is 1. The Labute approximate surface area is 402 Å². The largest absolute Gasteiger partial charge is 0.453 e. The molecule has 10 rings (SSSR count). The zero-order chi connectivity index (χ0) is 46.8. The molecule has 2 aromatic heterocycles. The Morgan fingerprint density at radius 2 is 1.78 bits per heavy atom. The van der Waals surface area contributed by atoms with Crippen LogP contribution in [0.3, 0.4) is 0 Å². The van der Waals surface area contributed by atoms with Gasteiger partial charge in [-0.2, -0.15) is 0 Å². The maximum absolute atomic E-state index is 14.3. The number of amides is 1. The number of piperazine rings is 1. The third-order valence-electron chi connectivity index (χ3n) is 15.1. The SMILES string of the molecule is O=C(NS(=O)(=O)c1ccc(N[C@H]2CC[C@H](C3CNCCO3)CC2)c([N+](=O)[O-])c1)c1cccc(N2CCN(CC3=C(c4ccc(Cl)cc4)CCC4(CCCC4)C3)CC2)c1Oc1cnc2[nH]ccc2c1. The maximum atomic E-state index is 14.3. The van der Waals surface area contributed by atoms with Crippen molar-refractivity contribution in [2.75, 3.05) is 62.6 Å². The number of rotatable bonds is 13. The van der Waals surface area contributed by atoms with Crippen LogP contribution in [0.25, 0.3) is 16.6 Å². The summed E-state index contributed by atoms with van der Waals surface area (Å²) in [7, 11) is -4.59. The number of pyridine rings is 1. The summed E-state index contributed by atoms with van der Waals surface area (Å²) in [5.41, 5.74) is 5.73.